The molecular formula is C11H21N3O. The van der Waals surface area contributed by atoms with Crippen LogP contribution in [0.5, 0.6) is 0 Å². The van der Waals surface area contributed by atoms with Crippen molar-refractivity contribution in [2.24, 2.45) is 0 Å². The summed E-state index contributed by atoms with van der Waals surface area (Å²) >= 11 is 0. The lowest BCUT2D eigenvalue weighted by atomic mass is 10.2. The maximum atomic E-state index is 8.93. The minimum atomic E-state index is 0.143. The summed E-state index contributed by atoms with van der Waals surface area (Å²) in [6.07, 6.45) is 1.87. The fourth-order valence-corrected chi connectivity index (χ4v) is 1.61. The second-order valence-corrected chi connectivity index (χ2v) is 4.22. The lowest BCUT2D eigenvalue weighted by Gasteiger charge is -2.19. The van der Waals surface area contributed by atoms with E-state index in [0.717, 1.165) is 12.2 Å². The van der Waals surface area contributed by atoms with E-state index in [-0.39, 0.29) is 12.6 Å². The normalized spacial score (nSPS) is 15.3. The van der Waals surface area contributed by atoms with Crippen LogP contribution in [0.25, 0.3) is 0 Å². The number of imidazole rings is 1. The van der Waals surface area contributed by atoms with Gasteiger partial charge in [-0.2, -0.15) is 0 Å². The minimum absolute atomic E-state index is 0.143. The average Bonchev–Trinajstić information content (AvgIpc) is 2.49. The van der Waals surface area contributed by atoms with Crippen LogP contribution in [0.1, 0.15) is 25.2 Å². The van der Waals surface area contributed by atoms with Crippen molar-refractivity contribution in [1.82, 2.24) is 14.9 Å². The molecule has 2 N–H and O–H groups in total. The molecule has 0 saturated carbocycles. The predicted octanol–water partition coefficient (Wildman–Crippen LogP) is 0.859. The van der Waals surface area contributed by atoms with E-state index in [0.29, 0.717) is 6.04 Å². The van der Waals surface area contributed by atoms with Gasteiger partial charge in [-0.1, -0.05) is 0 Å². The first-order valence-electron chi connectivity index (χ1n) is 5.39. The second-order valence-electron chi connectivity index (χ2n) is 4.22. The fourth-order valence-electron chi connectivity index (χ4n) is 1.61. The Morgan fingerprint density at radius 1 is 1.40 bits per heavy atom. The van der Waals surface area contributed by atoms with E-state index in [1.807, 2.05) is 20.2 Å². The number of nitrogens with zero attached hydrogens (tertiary/aromatic N) is 2. The first-order valence-corrected chi connectivity index (χ1v) is 5.39. The molecule has 0 fully saturated rings. The quantitative estimate of drug-likeness (QED) is 0.759. The zero-order chi connectivity index (χ0) is 11.4. The van der Waals surface area contributed by atoms with E-state index in [2.05, 4.69) is 28.7 Å². The Hall–Kier alpha value is -0.870. The van der Waals surface area contributed by atoms with Crippen molar-refractivity contribution >= 4 is 0 Å². The van der Waals surface area contributed by atoms with Gasteiger partial charge in [-0.25, -0.2) is 4.98 Å². The highest BCUT2D eigenvalue weighted by molar-refractivity contribution is 5.08. The SMILES string of the molecule is Cc1ncn(CC(C)N[C@H](C)CO)c1C. The van der Waals surface area contributed by atoms with Gasteiger partial charge >= 0.3 is 0 Å². The third-order valence-corrected chi connectivity index (χ3v) is 2.66. The maximum absolute atomic E-state index is 8.93. The van der Waals surface area contributed by atoms with E-state index in [1.165, 1.54) is 5.69 Å². The van der Waals surface area contributed by atoms with Crippen molar-refractivity contribution in [3.05, 3.63) is 17.7 Å². The van der Waals surface area contributed by atoms with Gasteiger partial charge < -0.3 is 15.0 Å². The molecule has 0 aliphatic carbocycles. The van der Waals surface area contributed by atoms with Gasteiger partial charge in [-0.15, -0.1) is 0 Å². The molecule has 1 heterocycles. The van der Waals surface area contributed by atoms with Crippen LogP contribution >= 0.6 is 0 Å². The van der Waals surface area contributed by atoms with Gasteiger partial charge in [0.1, 0.15) is 0 Å². The number of aromatic nitrogens is 2. The Balaban J connectivity index is 2.51. The first kappa shape index (κ1) is 12.2. The molecule has 0 radical (unpaired) electrons. The second kappa shape index (κ2) is 5.28. The third-order valence-electron chi connectivity index (χ3n) is 2.66. The summed E-state index contributed by atoms with van der Waals surface area (Å²) in [6.45, 7) is 9.23. The van der Waals surface area contributed by atoms with E-state index in [9.17, 15) is 0 Å². The molecule has 0 aromatic carbocycles. The molecule has 86 valence electrons. The summed E-state index contributed by atoms with van der Waals surface area (Å²) < 4.78 is 2.14. The number of aliphatic hydroxyl groups is 1. The molecule has 1 unspecified atom stereocenters. The number of rotatable bonds is 5. The highest BCUT2D eigenvalue weighted by Gasteiger charge is 2.09. The van der Waals surface area contributed by atoms with Crippen molar-refractivity contribution in [3.63, 3.8) is 0 Å². The standard InChI is InChI=1S/C11H21N3O/c1-8(13-9(2)6-15)5-14-7-12-10(3)11(14)4/h7-9,13,15H,5-6H2,1-4H3/t8?,9-/m1/s1. The van der Waals surface area contributed by atoms with Crippen molar-refractivity contribution in [1.29, 1.82) is 0 Å². The van der Waals surface area contributed by atoms with E-state index < -0.39 is 0 Å². The number of hydrogen-bond donors (Lipinski definition) is 2. The summed E-state index contributed by atoms with van der Waals surface area (Å²) in [5, 5.41) is 12.2. The highest BCUT2D eigenvalue weighted by Crippen LogP contribution is 2.05. The zero-order valence-corrected chi connectivity index (χ0v) is 9.99. The molecule has 2 atom stereocenters. The number of aryl methyl sites for hydroxylation is 1. The summed E-state index contributed by atoms with van der Waals surface area (Å²) in [5.41, 5.74) is 2.29. The van der Waals surface area contributed by atoms with Crippen LogP contribution in [0.2, 0.25) is 0 Å². The fraction of sp³-hybridized carbons (Fsp3) is 0.727. The average molecular weight is 211 g/mol. The molecule has 0 bridgehead atoms. The Labute approximate surface area is 91.3 Å². The van der Waals surface area contributed by atoms with E-state index in [1.54, 1.807) is 0 Å². The smallest absolute Gasteiger partial charge is 0.0951 e. The number of hydrogen-bond acceptors (Lipinski definition) is 3. The highest BCUT2D eigenvalue weighted by atomic mass is 16.3. The zero-order valence-electron chi connectivity index (χ0n) is 9.99. The molecule has 1 aromatic rings. The van der Waals surface area contributed by atoms with Crippen LogP contribution in [-0.2, 0) is 6.54 Å². The van der Waals surface area contributed by atoms with Crippen LogP contribution < -0.4 is 5.32 Å². The van der Waals surface area contributed by atoms with Gasteiger partial charge in [0.15, 0.2) is 0 Å². The monoisotopic (exact) mass is 211 g/mol. The Morgan fingerprint density at radius 2 is 2.07 bits per heavy atom. The largest absolute Gasteiger partial charge is 0.395 e. The molecule has 1 aromatic heterocycles. The summed E-state index contributed by atoms with van der Waals surface area (Å²) in [5.74, 6) is 0. The van der Waals surface area contributed by atoms with E-state index >= 15 is 0 Å². The Kier molecular flexibility index (Phi) is 4.29. The van der Waals surface area contributed by atoms with Crippen molar-refractivity contribution < 1.29 is 5.11 Å². The Morgan fingerprint density at radius 3 is 2.53 bits per heavy atom. The summed E-state index contributed by atoms with van der Waals surface area (Å²) in [7, 11) is 0. The van der Waals surface area contributed by atoms with Crippen LogP contribution in [0, 0.1) is 13.8 Å². The molecule has 4 nitrogen and oxygen atoms in total. The lowest BCUT2D eigenvalue weighted by molar-refractivity contribution is 0.238. The molecule has 15 heavy (non-hydrogen) atoms. The van der Waals surface area contributed by atoms with Crippen molar-refractivity contribution in [3.8, 4) is 0 Å². The lowest BCUT2D eigenvalue weighted by Crippen LogP contribution is -2.39. The molecule has 1 rings (SSSR count). The van der Waals surface area contributed by atoms with Gasteiger partial charge in [0.2, 0.25) is 0 Å². The molecule has 0 saturated heterocycles. The van der Waals surface area contributed by atoms with Gasteiger partial charge in [0, 0.05) is 24.3 Å². The van der Waals surface area contributed by atoms with Crippen molar-refractivity contribution in [2.75, 3.05) is 6.61 Å². The molecule has 0 aliphatic rings. The first-order chi connectivity index (χ1) is 7.04. The molecule has 4 heteroatoms. The predicted molar refractivity (Wildman–Crippen MR) is 60.8 cm³/mol. The van der Waals surface area contributed by atoms with Crippen LogP contribution in [-0.4, -0.2) is 33.3 Å². The minimum Gasteiger partial charge on any atom is -0.395 e. The van der Waals surface area contributed by atoms with Crippen LogP contribution in [0.4, 0.5) is 0 Å². The van der Waals surface area contributed by atoms with Crippen molar-refractivity contribution in [2.45, 2.75) is 46.3 Å². The summed E-state index contributed by atoms with van der Waals surface area (Å²) in [4.78, 5) is 4.25. The summed E-state index contributed by atoms with van der Waals surface area (Å²) in [6, 6.07) is 0.476. The number of aliphatic hydroxyl groups excluding tert-OH is 1. The van der Waals surface area contributed by atoms with Gasteiger partial charge in [0.05, 0.1) is 18.6 Å². The van der Waals surface area contributed by atoms with Crippen LogP contribution in [0.15, 0.2) is 6.33 Å². The third kappa shape index (κ3) is 3.32. The molecule has 0 amide bonds. The van der Waals surface area contributed by atoms with Gasteiger partial charge in [0.25, 0.3) is 0 Å². The topological polar surface area (TPSA) is 50.1 Å². The van der Waals surface area contributed by atoms with Gasteiger partial charge in [-0.05, 0) is 27.7 Å². The Bertz CT molecular complexity index is 309. The van der Waals surface area contributed by atoms with Gasteiger partial charge in [-0.3, -0.25) is 0 Å². The molecule has 0 spiro atoms. The number of nitrogens with one attached hydrogen (secondary N) is 1. The van der Waals surface area contributed by atoms with Crippen LogP contribution in [0.3, 0.4) is 0 Å². The molecule has 0 aliphatic heterocycles. The maximum Gasteiger partial charge on any atom is 0.0951 e. The molecular weight excluding hydrogens is 190 g/mol. The van der Waals surface area contributed by atoms with E-state index in [4.69, 9.17) is 5.11 Å².